The van der Waals surface area contributed by atoms with Crippen LogP contribution in [0.15, 0.2) is 41.1 Å². The minimum absolute atomic E-state index is 0.0541. The fourth-order valence-corrected chi connectivity index (χ4v) is 6.29. The third kappa shape index (κ3) is 6.63. The number of amides is 1. The van der Waals surface area contributed by atoms with E-state index in [0.717, 1.165) is 24.1 Å². The first-order chi connectivity index (χ1) is 15.5. The molecule has 1 amide bonds. The normalized spacial score (nSPS) is 20.9. The zero-order valence-electron chi connectivity index (χ0n) is 19.3. The van der Waals surface area contributed by atoms with Crippen LogP contribution in [0.5, 0.6) is 0 Å². The maximum Gasteiger partial charge on any atom is 0.243 e. The predicted octanol–water partition coefficient (Wildman–Crippen LogP) is 0.855. The quantitative estimate of drug-likeness (QED) is 0.541. The van der Waals surface area contributed by atoms with Crippen LogP contribution < -0.4 is 4.72 Å². The summed E-state index contributed by atoms with van der Waals surface area (Å²) in [5.74, 6) is -0.0408. The molecule has 1 N–H and O–H groups in total. The lowest BCUT2D eigenvalue weighted by Crippen LogP contribution is -2.51. The molecule has 11 heteroatoms. The van der Waals surface area contributed by atoms with E-state index in [1.54, 1.807) is 24.3 Å². The summed E-state index contributed by atoms with van der Waals surface area (Å²) >= 11 is 0. The fraction of sp³-hybridized carbons (Fsp3) is 0.591. The minimum Gasteiger partial charge on any atom is -0.340 e. The SMILES string of the molecule is C=CS(=O)(=O)NC[C@H]1CCN(S(=O)(=O)c2ccc(CC(=O)N3CCN(C(C)C)CC3)cc2)C1. The summed E-state index contributed by atoms with van der Waals surface area (Å²) in [4.78, 5) is 17.0. The van der Waals surface area contributed by atoms with Gasteiger partial charge in [-0.25, -0.2) is 21.6 Å². The van der Waals surface area contributed by atoms with Crippen LogP contribution in [-0.2, 0) is 31.3 Å². The van der Waals surface area contributed by atoms with Crippen molar-refractivity contribution in [1.82, 2.24) is 18.8 Å². The molecule has 0 unspecified atom stereocenters. The number of piperazine rings is 1. The van der Waals surface area contributed by atoms with Crippen molar-refractivity contribution in [3.8, 4) is 0 Å². The summed E-state index contributed by atoms with van der Waals surface area (Å²) < 4.78 is 52.8. The van der Waals surface area contributed by atoms with Crippen LogP contribution >= 0.6 is 0 Å². The highest BCUT2D eigenvalue weighted by Crippen LogP contribution is 2.24. The molecule has 33 heavy (non-hydrogen) atoms. The van der Waals surface area contributed by atoms with Gasteiger partial charge in [0.2, 0.25) is 26.0 Å². The monoisotopic (exact) mass is 498 g/mol. The first kappa shape index (κ1) is 25.8. The zero-order valence-corrected chi connectivity index (χ0v) is 20.9. The second-order valence-electron chi connectivity index (χ2n) is 8.91. The molecule has 1 aromatic carbocycles. The highest BCUT2D eigenvalue weighted by molar-refractivity contribution is 7.92. The number of sulfonamides is 2. The lowest BCUT2D eigenvalue weighted by Gasteiger charge is -2.37. The minimum atomic E-state index is -3.68. The van der Waals surface area contributed by atoms with Crippen LogP contribution in [0.3, 0.4) is 0 Å². The average Bonchev–Trinajstić information content (AvgIpc) is 3.28. The second-order valence-corrected chi connectivity index (χ2v) is 12.6. The summed E-state index contributed by atoms with van der Waals surface area (Å²) in [6.45, 7) is 11.5. The number of nitrogens with zero attached hydrogens (tertiary/aromatic N) is 3. The molecule has 184 valence electrons. The number of benzene rings is 1. The van der Waals surface area contributed by atoms with Crippen LogP contribution in [0.1, 0.15) is 25.8 Å². The largest absolute Gasteiger partial charge is 0.340 e. The van der Waals surface area contributed by atoms with Gasteiger partial charge in [0, 0.05) is 57.3 Å². The van der Waals surface area contributed by atoms with Crippen LogP contribution in [-0.4, -0.2) is 88.7 Å². The molecule has 0 spiro atoms. The molecule has 0 aliphatic carbocycles. The molecule has 2 aliphatic rings. The van der Waals surface area contributed by atoms with Crippen molar-refractivity contribution in [2.24, 2.45) is 5.92 Å². The van der Waals surface area contributed by atoms with Crippen molar-refractivity contribution in [2.45, 2.75) is 37.6 Å². The number of nitrogens with one attached hydrogen (secondary N) is 1. The Morgan fingerprint density at radius 2 is 1.73 bits per heavy atom. The topological polar surface area (TPSA) is 107 Å². The van der Waals surface area contributed by atoms with E-state index in [1.165, 1.54) is 4.31 Å². The molecule has 3 rings (SSSR count). The van der Waals surface area contributed by atoms with Gasteiger partial charge in [0.25, 0.3) is 0 Å². The van der Waals surface area contributed by atoms with Gasteiger partial charge in [0.1, 0.15) is 0 Å². The Morgan fingerprint density at radius 3 is 2.30 bits per heavy atom. The van der Waals surface area contributed by atoms with Crippen LogP contribution in [0.2, 0.25) is 0 Å². The molecule has 1 atom stereocenters. The summed E-state index contributed by atoms with van der Waals surface area (Å²) in [6.07, 6.45) is 0.826. The van der Waals surface area contributed by atoms with E-state index in [9.17, 15) is 21.6 Å². The molecule has 2 aliphatic heterocycles. The standard InChI is InChI=1S/C22H34N4O5S2/c1-4-32(28,29)23-16-20-9-10-26(17-20)33(30,31)21-7-5-19(6-8-21)15-22(27)25-13-11-24(12-14-25)18(2)3/h4-8,18,20,23H,1,9-17H2,2-3H3/t20-/m1/s1. The van der Waals surface area contributed by atoms with E-state index in [-0.39, 0.29) is 36.2 Å². The third-order valence-electron chi connectivity index (χ3n) is 6.35. The molecule has 0 saturated carbocycles. The van der Waals surface area contributed by atoms with Gasteiger partial charge in [-0.15, -0.1) is 0 Å². The van der Waals surface area contributed by atoms with E-state index in [2.05, 4.69) is 30.0 Å². The molecule has 0 aromatic heterocycles. The van der Waals surface area contributed by atoms with Crippen LogP contribution in [0.25, 0.3) is 0 Å². The highest BCUT2D eigenvalue weighted by Gasteiger charge is 2.33. The Morgan fingerprint density at radius 1 is 1.09 bits per heavy atom. The van der Waals surface area contributed by atoms with Gasteiger partial charge in [0.05, 0.1) is 11.3 Å². The number of hydrogen-bond donors (Lipinski definition) is 1. The Balaban J connectivity index is 1.55. The van der Waals surface area contributed by atoms with E-state index in [1.807, 2.05) is 4.90 Å². The summed E-state index contributed by atoms with van der Waals surface area (Å²) in [7, 11) is -7.21. The van der Waals surface area contributed by atoms with E-state index >= 15 is 0 Å². The number of carbonyl (C=O) groups excluding carboxylic acids is 1. The summed E-state index contributed by atoms with van der Waals surface area (Å²) in [6, 6.07) is 6.95. The van der Waals surface area contributed by atoms with Crippen molar-refractivity contribution in [3.05, 3.63) is 41.8 Å². The van der Waals surface area contributed by atoms with E-state index in [0.29, 0.717) is 32.1 Å². The van der Waals surface area contributed by atoms with Gasteiger partial charge in [0.15, 0.2) is 0 Å². The van der Waals surface area contributed by atoms with E-state index < -0.39 is 20.0 Å². The molecule has 0 radical (unpaired) electrons. The Hall–Kier alpha value is -1.79. The van der Waals surface area contributed by atoms with Gasteiger partial charge in [-0.3, -0.25) is 9.69 Å². The Labute approximate surface area is 197 Å². The number of rotatable bonds is 9. The predicted molar refractivity (Wildman–Crippen MR) is 127 cm³/mol. The van der Waals surface area contributed by atoms with Gasteiger partial charge in [-0.2, -0.15) is 4.31 Å². The highest BCUT2D eigenvalue weighted by atomic mass is 32.2. The molecular formula is C22H34N4O5S2. The Bertz CT molecular complexity index is 1050. The van der Waals surface area contributed by atoms with Gasteiger partial charge >= 0.3 is 0 Å². The maximum atomic E-state index is 13.0. The van der Waals surface area contributed by atoms with Crippen molar-refractivity contribution in [3.63, 3.8) is 0 Å². The van der Waals surface area contributed by atoms with E-state index in [4.69, 9.17) is 0 Å². The molecular weight excluding hydrogens is 464 g/mol. The lowest BCUT2D eigenvalue weighted by atomic mass is 10.1. The molecule has 2 fully saturated rings. The van der Waals surface area contributed by atoms with Crippen LogP contribution in [0, 0.1) is 5.92 Å². The first-order valence-electron chi connectivity index (χ1n) is 11.2. The van der Waals surface area contributed by atoms with Gasteiger partial charge in [-0.05, 0) is 43.9 Å². The average molecular weight is 499 g/mol. The van der Waals surface area contributed by atoms with Crippen molar-refractivity contribution in [2.75, 3.05) is 45.8 Å². The molecule has 2 heterocycles. The fourth-order valence-electron chi connectivity index (χ4n) is 4.18. The molecule has 1 aromatic rings. The Kier molecular flexibility index (Phi) is 8.33. The van der Waals surface area contributed by atoms with Crippen molar-refractivity contribution < 1.29 is 21.6 Å². The van der Waals surface area contributed by atoms with Crippen LogP contribution in [0.4, 0.5) is 0 Å². The zero-order chi connectivity index (χ0) is 24.2. The van der Waals surface area contributed by atoms with Crippen molar-refractivity contribution in [1.29, 1.82) is 0 Å². The maximum absolute atomic E-state index is 13.0. The second kappa shape index (κ2) is 10.6. The smallest absolute Gasteiger partial charge is 0.243 e. The molecule has 2 saturated heterocycles. The van der Waals surface area contributed by atoms with Gasteiger partial charge < -0.3 is 4.90 Å². The third-order valence-corrected chi connectivity index (χ3v) is 9.24. The van der Waals surface area contributed by atoms with Gasteiger partial charge in [-0.1, -0.05) is 18.7 Å². The number of hydrogen-bond acceptors (Lipinski definition) is 6. The summed E-state index contributed by atoms with van der Waals surface area (Å²) in [5, 5.41) is 0.842. The van der Waals surface area contributed by atoms with Crippen molar-refractivity contribution >= 4 is 26.0 Å². The first-order valence-corrected chi connectivity index (χ1v) is 14.2. The molecule has 0 bridgehead atoms. The summed E-state index contributed by atoms with van der Waals surface area (Å²) in [5.41, 5.74) is 0.781. The number of carbonyl (C=O) groups is 1. The lowest BCUT2D eigenvalue weighted by molar-refractivity contribution is -0.132. The molecule has 9 nitrogen and oxygen atoms in total.